The van der Waals surface area contributed by atoms with Gasteiger partial charge in [-0.05, 0) is 36.4 Å². The van der Waals surface area contributed by atoms with Crippen LogP contribution in [0.2, 0.25) is 0 Å². The first-order valence-corrected chi connectivity index (χ1v) is 9.08. The maximum Gasteiger partial charge on any atom is 0.231 e. The number of aliphatic hydroxyl groups excluding tert-OH is 1. The van der Waals surface area contributed by atoms with Crippen molar-refractivity contribution in [2.24, 2.45) is 0 Å². The minimum atomic E-state index is -0.784. The number of fused-ring (bicyclic) bond motifs is 3. The molecule has 0 aromatic heterocycles. The number of methoxy groups -OCH3 is 2. The highest BCUT2D eigenvalue weighted by Gasteiger charge is 2.27. The van der Waals surface area contributed by atoms with Gasteiger partial charge in [0, 0.05) is 30.5 Å². The number of carbonyl (C=O) groups excluding carboxylic acids is 1. The summed E-state index contributed by atoms with van der Waals surface area (Å²) in [5, 5.41) is 10.8. The number of carbonyl (C=O) groups is 1. The van der Waals surface area contributed by atoms with Gasteiger partial charge in [0.2, 0.25) is 6.79 Å². The molecule has 1 atom stereocenters. The van der Waals surface area contributed by atoms with E-state index in [0.29, 0.717) is 41.5 Å². The molecule has 7 heteroatoms. The standard InChI is InChI=1S/C21H23NO6/c1-22-10-15-12(4-5-17(25-2)21(15)26-3)6-16(23)14-9-19-18(27-11-28-19)7-13(14)8-20(22)24/h4-5,7,9,20,24H,6,8,10-11H2,1-3H3. The topological polar surface area (TPSA) is 77.5 Å². The maximum atomic E-state index is 13.2. The van der Waals surface area contributed by atoms with Crippen LogP contribution in [0.4, 0.5) is 0 Å². The van der Waals surface area contributed by atoms with Crippen molar-refractivity contribution in [1.82, 2.24) is 4.90 Å². The average Bonchev–Trinajstić information content (AvgIpc) is 3.14. The highest BCUT2D eigenvalue weighted by molar-refractivity contribution is 6.00. The largest absolute Gasteiger partial charge is 0.493 e. The van der Waals surface area contributed by atoms with Crippen LogP contribution in [-0.2, 0) is 19.4 Å². The predicted octanol–water partition coefficient (Wildman–Crippen LogP) is 2.16. The second-order valence-corrected chi connectivity index (χ2v) is 7.00. The molecular weight excluding hydrogens is 362 g/mol. The Morgan fingerprint density at radius 3 is 2.57 bits per heavy atom. The van der Waals surface area contributed by atoms with Gasteiger partial charge in [-0.15, -0.1) is 0 Å². The van der Waals surface area contributed by atoms with Crippen LogP contribution < -0.4 is 18.9 Å². The normalized spacial score (nSPS) is 19.0. The van der Waals surface area contributed by atoms with Gasteiger partial charge in [0.25, 0.3) is 0 Å². The quantitative estimate of drug-likeness (QED) is 0.849. The minimum Gasteiger partial charge on any atom is -0.493 e. The molecule has 4 rings (SSSR count). The first-order chi connectivity index (χ1) is 13.5. The Kier molecular flexibility index (Phi) is 4.87. The zero-order chi connectivity index (χ0) is 19.8. The fraction of sp³-hybridized carbons (Fsp3) is 0.381. The molecule has 28 heavy (non-hydrogen) atoms. The van der Waals surface area contributed by atoms with Gasteiger partial charge in [0.05, 0.1) is 14.2 Å². The smallest absolute Gasteiger partial charge is 0.231 e. The number of nitrogens with zero attached hydrogens (tertiary/aromatic N) is 1. The van der Waals surface area contributed by atoms with Gasteiger partial charge in [0.15, 0.2) is 28.8 Å². The third kappa shape index (κ3) is 3.16. The van der Waals surface area contributed by atoms with Crippen LogP contribution >= 0.6 is 0 Å². The zero-order valence-electron chi connectivity index (χ0n) is 16.2. The molecule has 0 bridgehead atoms. The van der Waals surface area contributed by atoms with Gasteiger partial charge in [-0.2, -0.15) is 0 Å². The summed E-state index contributed by atoms with van der Waals surface area (Å²) in [6.07, 6.45) is -0.268. The van der Waals surface area contributed by atoms with E-state index in [1.54, 1.807) is 32.4 Å². The number of hydrogen-bond acceptors (Lipinski definition) is 7. The number of rotatable bonds is 2. The lowest BCUT2D eigenvalue weighted by Crippen LogP contribution is -2.34. The highest BCUT2D eigenvalue weighted by atomic mass is 16.7. The van der Waals surface area contributed by atoms with E-state index in [0.717, 1.165) is 16.7 Å². The van der Waals surface area contributed by atoms with Crippen LogP contribution in [0.3, 0.4) is 0 Å². The van der Waals surface area contributed by atoms with Crippen molar-refractivity contribution >= 4 is 5.78 Å². The second kappa shape index (κ2) is 7.33. The van der Waals surface area contributed by atoms with Gasteiger partial charge in [-0.1, -0.05) is 6.07 Å². The fourth-order valence-corrected chi connectivity index (χ4v) is 3.76. The van der Waals surface area contributed by atoms with Crippen LogP contribution in [0, 0.1) is 0 Å². The van der Waals surface area contributed by atoms with Crippen molar-refractivity contribution in [3.8, 4) is 23.0 Å². The van der Waals surface area contributed by atoms with E-state index in [-0.39, 0.29) is 19.0 Å². The van der Waals surface area contributed by atoms with E-state index in [1.807, 2.05) is 18.0 Å². The summed E-state index contributed by atoms with van der Waals surface area (Å²) in [5.74, 6) is 2.29. The minimum absolute atomic E-state index is 0.0430. The summed E-state index contributed by atoms with van der Waals surface area (Å²) in [5.41, 5.74) is 2.96. The first kappa shape index (κ1) is 18.6. The molecule has 2 aliphatic rings. The highest BCUT2D eigenvalue weighted by Crippen LogP contribution is 2.38. The Bertz CT molecular complexity index is 926. The van der Waals surface area contributed by atoms with Gasteiger partial charge >= 0.3 is 0 Å². The van der Waals surface area contributed by atoms with Gasteiger partial charge < -0.3 is 24.1 Å². The molecule has 2 heterocycles. The molecule has 0 amide bonds. The molecule has 1 N–H and O–H groups in total. The SMILES string of the molecule is COc1ccc2c(c1OC)CN(C)C(O)Cc1cc3c(cc1C(=O)C2)OCO3. The molecule has 2 aliphatic heterocycles. The summed E-state index contributed by atoms with van der Waals surface area (Å²) in [4.78, 5) is 15.0. The monoisotopic (exact) mass is 385 g/mol. The summed E-state index contributed by atoms with van der Waals surface area (Å²) in [6, 6.07) is 7.19. The summed E-state index contributed by atoms with van der Waals surface area (Å²) in [6.45, 7) is 0.554. The second-order valence-electron chi connectivity index (χ2n) is 7.00. The van der Waals surface area contributed by atoms with Gasteiger partial charge in [-0.25, -0.2) is 0 Å². The molecule has 2 aromatic rings. The summed E-state index contributed by atoms with van der Waals surface area (Å²) < 4.78 is 21.9. The molecule has 0 saturated carbocycles. The van der Waals surface area contributed by atoms with Gasteiger partial charge in [-0.3, -0.25) is 9.69 Å². The lowest BCUT2D eigenvalue weighted by Gasteiger charge is -2.28. The Morgan fingerprint density at radius 2 is 1.86 bits per heavy atom. The van der Waals surface area contributed by atoms with Crippen LogP contribution in [-0.4, -0.2) is 50.1 Å². The maximum absolute atomic E-state index is 13.2. The Labute approximate surface area is 163 Å². The molecule has 1 unspecified atom stereocenters. The molecule has 0 aliphatic carbocycles. The summed E-state index contributed by atoms with van der Waals surface area (Å²) in [7, 11) is 4.99. The fourth-order valence-electron chi connectivity index (χ4n) is 3.76. The van der Waals surface area contributed by atoms with Crippen molar-refractivity contribution < 1.29 is 28.8 Å². The number of aliphatic hydroxyl groups is 1. The van der Waals surface area contributed by atoms with E-state index >= 15 is 0 Å². The van der Waals surface area contributed by atoms with Crippen molar-refractivity contribution in [3.63, 3.8) is 0 Å². The zero-order valence-corrected chi connectivity index (χ0v) is 16.2. The molecule has 0 radical (unpaired) electrons. The van der Waals surface area contributed by atoms with E-state index < -0.39 is 6.23 Å². The van der Waals surface area contributed by atoms with E-state index in [4.69, 9.17) is 18.9 Å². The van der Waals surface area contributed by atoms with Crippen molar-refractivity contribution in [2.75, 3.05) is 28.1 Å². The van der Waals surface area contributed by atoms with Crippen LogP contribution in [0.5, 0.6) is 23.0 Å². The predicted molar refractivity (Wildman–Crippen MR) is 101 cm³/mol. The third-order valence-electron chi connectivity index (χ3n) is 5.31. The Morgan fingerprint density at radius 1 is 1.11 bits per heavy atom. The molecular formula is C21H23NO6. The number of Topliss-reactive ketones (excluding diaryl/α,β-unsaturated/α-hetero) is 1. The number of ketones is 1. The number of likely N-dealkylation sites (N-methyl/N-ethyl adjacent to an activating group) is 1. The lowest BCUT2D eigenvalue weighted by atomic mass is 9.92. The number of hydrogen-bond donors (Lipinski definition) is 1. The van der Waals surface area contributed by atoms with Crippen LogP contribution in [0.15, 0.2) is 24.3 Å². The van der Waals surface area contributed by atoms with Crippen LogP contribution in [0.1, 0.15) is 27.0 Å². The molecule has 2 aromatic carbocycles. The molecule has 0 spiro atoms. The molecule has 0 saturated heterocycles. The van der Waals surface area contributed by atoms with Crippen LogP contribution in [0.25, 0.3) is 0 Å². The summed E-state index contributed by atoms with van der Waals surface area (Å²) >= 11 is 0. The van der Waals surface area contributed by atoms with Crippen molar-refractivity contribution in [2.45, 2.75) is 25.6 Å². The Balaban J connectivity index is 1.84. The first-order valence-electron chi connectivity index (χ1n) is 9.08. The Hall–Kier alpha value is -2.77. The van der Waals surface area contributed by atoms with E-state index in [9.17, 15) is 9.90 Å². The lowest BCUT2D eigenvalue weighted by molar-refractivity contribution is 0.0167. The van der Waals surface area contributed by atoms with E-state index in [1.165, 1.54) is 0 Å². The van der Waals surface area contributed by atoms with E-state index in [2.05, 4.69) is 0 Å². The van der Waals surface area contributed by atoms with Crippen molar-refractivity contribution in [1.29, 1.82) is 0 Å². The average molecular weight is 385 g/mol. The number of benzene rings is 2. The third-order valence-corrected chi connectivity index (χ3v) is 5.31. The van der Waals surface area contributed by atoms with Gasteiger partial charge in [0.1, 0.15) is 6.23 Å². The van der Waals surface area contributed by atoms with Crippen molar-refractivity contribution in [3.05, 3.63) is 46.5 Å². The molecule has 148 valence electrons. The number of ether oxygens (including phenoxy) is 4. The molecule has 7 nitrogen and oxygen atoms in total. The molecule has 0 fully saturated rings.